The summed E-state index contributed by atoms with van der Waals surface area (Å²) in [6, 6.07) is 21.8. The fourth-order valence-corrected chi connectivity index (χ4v) is 2.74. The smallest absolute Gasteiger partial charge is 0.266 e. The number of carbonyl (C=O) groups is 1. The second-order valence-corrected chi connectivity index (χ2v) is 6.52. The predicted molar refractivity (Wildman–Crippen MR) is 111 cm³/mol. The molecule has 0 spiro atoms. The Labute approximate surface area is 172 Å². The average Bonchev–Trinajstić information content (AvgIpc) is 2.71. The van der Waals surface area contributed by atoms with Gasteiger partial charge in [-0.2, -0.15) is 5.26 Å². The summed E-state index contributed by atoms with van der Waals surface area (Å²) >= 11 is 5.90. The SMILES string of the molecule is N#C/C(=C/c1cccc(OCc2ccccc2F)c1)C(=O)Nc1cccc(Cl)c1. The van der Waals surface area contributed by atoms with Crippen molar-refractivity contribution in [2.75, 3.05) is 5.32 Å². The van der Waals surface area contributed by atoms with Crippen molar-refractivity contribution in [1.82, 2.24) is 0 Å². The van der Waals surface area contributed by atoms with Crippen LogP contribution in [0.2, 0.25) is 5.02 Å². The van der Waals surface area contributed by atoms with Gasteiger partial charge in [0.25, 0.3) is 5.91 Å². The number of benzene rings is 3. The largest absolute Gasteiger partial charge is 0.489 e. The fourth-order valence-electron chi connectivity index (χ4n) is 2.55. The van der Waals surface area contributed by atoms with Crippen LogP contribution in [0, 0.1) is 17.1 Å². The molecule has 1 N–H and O–H groups in total. The summed E-state index contributed by atoms with van der Waals surface area (Å²) < 4.78 is 19.3. The maximum Gasteiger partial charge on any atom is 0.266 e. The third-order valence-electron chi connectivity index (χ3n) is 3.97. The van der Waals surface area contributed by atoms with Crippen LogP contribution in [0.4, 0.5) is 10.1 Å². The van der Waals surface area contributed by atoms with Gasteiger partial charge in [-0.05, 0) is 48.0 Å². The number of rotatable bonds is 6. The standard InChI is InChI=1S/C23H16ClFN2O2/c24-19-7-4-8-20(13-19)27-23(28)18(14-26)11-16-5-3-9-21(12-16)29-15-17-6-1-2-10-22(17)25/h1-13H,15H2,(H,27,28)/b18-11-. The highest BCUT2D eigenvalue weighted by atomic mass is 35.5. The van der Waals surface area contributed by atoms with Crippen LogP contribution in [0.3, 0.4) is 0 Å². The van der Waals surface area contributed by atoms with Gasteiger partial charge in [-0.1, -0.05) is 48.0 Å². The molecule has 0 saturated heterocycles. The zero-order valence-corrected chi connectivity index (χ0v) is 16.0. The first-order valence-electron chi connectivity index (χ1n) is 8.70. The molecule has 0 aliphatic rings. The summed E-state index contributed by atoms with van der Waals surface area (Å²) in [5, 5.41) is 12.5. The Kier molecular flexibility index (Phi) is 6.62. The zero-order valence-electron chi connectivity index (χ0n) is 15.2. The first-order chi connectivity index (χ1) is 14.0. The number of ether oxygens (including phenoxy) is 1. The third kappa shape index (κ3) is 5.68. The number of halogens is 2. The first-order valence-corrected chi connectivity index (χ1v) is 9.08. The van der Waals surface area contributed by atoms with E-state index >= 15 is 0 Å². The lowest BCUT2D eigenvalue weighted by atomic mass is 10.1. The molecule has 144 valence electrons. The summed E-state index contributed by atoms with van der Waals surface area (Å²) in [5.74, 6) is -0.394. The lowest BCUT2D eigenvalue weighted by Crippen LogP contribution is -2.13. The summed E-state index contributed by atoms with van der Waals surface area (Å²) in [5.41, 5.74) is 1.46. The van der Waals surface area contributed by atoms with E-state index in [9.17, 15) is 14.4 Å². The Morgan fingerprint density at radius 2 is 1.90 bits per heavy atom. The number of nitrogens with zero attached hydrogens (tertiary/aromatic N) is 1. The van der Waals surface area contributed by atoms with Gasteiger partial charge in [-0.25, -0.2) is 4.39 Å². The summed E-state index contributed by atoms with van der Waals surface area (Å²) in [7, 11) is 0. The van der Waals surface area contributed by atoms with Gasteiger partial charge >= 0.3 is 0 Å². The van der Waals surface area contributed by atoms with Crippen LogP contribution in [0.15, 0.2) is 78.4 Å². The van der Waals surface area contributed by atoms with Crippen LogP contribution in [0.25, 0.3) is 6.08 Å². The van der Waals surface area contributed by atoms with Gasteiger partial charge in [-0.15, -0.1) is 0 Å². The van der Waals surface area contributed by atoms with Gasteiger partial charge in [0.05, 0.1) is 0 Å². The van der Waals surface area contributed by atoms with E-state index in [4.69, 9.17) is 16.3 Å². The summed E-state index contributed by atoms with van der Waals surface area (Å²) in [4.78, 5) is 12.4. The number of amides is 1. The van der Waals surface area contributed by atoms with E-state index in [-0.39, 0.29) is 18.0 Å². The van der Waals surface area contributed by atoms with Crippen LogP contribution in [-0.4, -0.2) is 5.91 Å². The molecule has 4 nitrogen and oxygen atoms in total. The Hall–Kier alpha value is -3.62. The summed E-state index contributed by atoms with van der Waals surface area (Å²) in [6.07, 6.45) is 1.45. The Morgan fingerprint density at radius 1 is 1.10 bits per heavy atom. The average molecular weight is 407 g/mol. The molecule has 0 saturated carbocycles. The minimum Gasteiger partial charge on any atom is -0.489 e. The molecule has 0 atom stereocenters. The molecular formula is C23H16ClFN2O2. The lowest BCUT2D eigenvalue weighted by molar-refractivity contribution is -0.112. The molecule has 3 aromatic rings. The molecule has 6 heteroatoms. The van der Waals surface area contributed by atoms with Crippen molar-refractivity contribution in [2.24, 2.45) is 0 Å². The monoisotopic (exact) mass is 406 g/mol. The molecule has 3 rings (SSSR count). The van der Waals surface area contributed by atoms with E-state index < -0.39 is 5.91 Å². The second kappa shape index (κ2) is 9.54. The molecule has 0 aliphatic carbocycles. The highest BCUT2D eigenvalue weighted by Crippen LogP contribution is 2.19. The molecule has 1 amide bonds. The molecule has 0 radical (unpaired) electrons. The Bertz CT molecular complexity index is 1110. The Balaban J connectivity index is 1.72. The number of carbonyl (C=O) groups excluding carboxylic acids is 1. The maximum atomic E-state index is 13.7. The number of hydrogen-bond acceptors (Lipinski definition) is 3. The van der Waals surface area contributed by atoms with E-state index in [1.165, 1.54) is 12.1 Å². The quantitative estimate of drug-likeness (QED) is 0.428. The number of nitriles is 1. The summed E-state index contributed by atoms with van der Waals surface area (Å²) in [6.45, 7) is 0.0696. The van der Waals surface area contributed by atoms with Crippen LogP contribution in [0.1, 0.15) is 11.1 Å². The Morgan fingerprint density at radius 3 is 2.66 bits per heavy atom. The topological polar surface area (TPSA) is 62.1 Å². The third-order valence-corrected chi connectivity index (χ3v) is 4.20. The van der Waals surface area contributed by atoms with Crippen molar-refractivity contribution in [2.45, 2.75) is 6.61 Å². The first kappa shape index (κ1) is 20.1. The molecule has 29 heavy (non-hydrogen) atoms. The molecule has 0 bridgehead atoms. The van der Waals surface area contributed by atoms with Gasteiger partial charge < -0.3 is 10.1 Å². The van der Waals surface area contributed by atoms with Crippen molar-refractivity contribution in [3.05, 3.63) is 100 Å². The van der Waals surface area contributed by atoms with Gasteiger partial charge in [0.1, 0.15) is 29.8 Å². The van der Waals surface area contributed by atoms with E-state index in [0.717, 1.165) is 0 Å². The normalized spacial score (nSPS) is 10.9. The van der Waals surface area contributed by atoms with Crippen molar-refractivity contribution in [1.29, 1.82) is 5.26 Å². The van der Waals surface area contributed by atoms with E-state index in [2.05, 4.69) is 5.32 Å². The number of anilines is 1. The minimum atomic E-state index is -0.549. The molecule has 0 unspecified atom stereocenters. The van der Waals surface area contributed by atoms with Crippen molar-refractivity contribution in [3.63, 3.8) is 0 Å². The number of hydrogen-bond donors (Lipinski definition) is 1. The lowest BCUT2D eigenvalue weighted by Gasteiger charge is -2.08. The van der Waals surface area contributed by atoms with Gasteiger partial charge in [0.15, 0.2) is 0 Å². The van der Waals surface area contributed by atoms with E-state index in [1.807, 2.05) is 6.07 Å². The van der Waals surface area contributed by atoms with Gasteiger partial charge in [0.2, 0.25) is 0 Å². The number of nitrogens with one attached hydrogen (secondary N) is 1. The van der Waals surface area contributed by atoms with Gasteiger partial charge in [0, 0.05) is 16.3 Å². The molecule has 3 aromatic carbocycles. The van der Waals surface area contributed by atoms with Crippen LogP contribution in [-0.2, 0) is 11.4 Å². The van der Waals surface area contributed by atoms with Crippen LogP contribution >= 0.6 is 11.6 Å². The van der Waals surface area contributed by atoms with Gasteiger partial charge in [-0.3, -0.25) is 4.79 Å². The second-order valence-electron chi connectivity index (χ2n) is 6.09. The minimum absolute atomic E-state index is 0.0696. The van der Waals surface area contributed by atoms with E-state index in [1.54, 1.807) is 66.7 Å². The zero-order chi connectivity index (χ0) is 20.6. The molecule has 0 aromatic heterocycles. The molecule has 0 aliphatic heterocycles. The molecule has 0 heterocycles. The van der Waals surface area contributed by atoms with Crippen LogP contribution in [0.5, 0.6) is 5.75 Å². The fraction of sp³-hybridized carbons (Fsp3) is 0.0435. The highest BCUT2D eigenvalue weighted by Gasteiger charge is 2.10. The van der Waals surface area contributed by atoms with E-state index in [0.29, 0.717) is 27.6 Å². The van der Waals surface area contributed by atoms with Crippen molar-refractivity contribution >= 4 is 29.3 Å². The molecule has 0 fully saturated rings. The molecular weight excluding hydrogens is 391 g/mol. The maximum absolute atomic E-state index is 13.7. The van der Waals surface area contributed by atoms with Crippen molar-refractivity contribution < 1.29 is 13.9 Å². The predicted octanol–water partition coefficient (Wildman–Crippen LogP) is 5.60. The van der Waals surface area contributed by atoms with Crippen molar-refractivity contribution in [3.8, 4) is 11.8 Å². The highest BCUT2D eigenvalue weighted by molar-refractivity contribution is 6.31. The van der Waals surface area contributed by atoms with Crippen LogP contribution < -0.4 is 10.1 Å².